The lowest BCUT2D eigenvalue weighted by Crippen LogP contribution is -2.36. The van der Waals surface area contributed by atoms with Crippen molar-refractivity contribution in [2.75, 3.05) is 31.2 Å². The number of anilines is 1. The second kappa shape index (κ2) is 4.03. The van der Waals surface area contributed by atoms with Crippen molar-refractivity contribution < 1.29 is 4.74 Å². The lowest BCUT2D eigenvalue weighted by molar-refractivity contribution is 0.122. The van der Waals surface area contributed by atoms with Gasteiger partial charge >= 0.3 is 0 Å². The summed E-state index contributed by atoms with van der Waals surface area (Å²) in [4.78, 5) is 6.98. The second-order valence-corrected chi connectivity index (χ2v) is 5.08. The van der Waals surface area contributed by atoms with Gasteiger partial charge in [-0.05, 0) is 24.6 Å². The predicted molar refractivity (Wildman–Crippen MR) is 67.4 cm³/mol. The molecule has 0 unspecified atom stereocenters. The number of benzene rings is 1. The lowest BCUT2D eigenvalue weighted by Gasteiger charge is -2.25. The number of hydrogen-bond acceptors (Lipinski definition) is 4. The minimum atomic E-state index is 0.814. The topological polar surface area (TPSA) is 25.4 Å². The fourth-order valence-electron chi connectivity index (χ4n) is 1.91. The van der Waals surface area contributed by atoms with Gasteiger partial charge in [0, 0.05) is 13.1 Å². The molecule has 16 heavy (non-hydrogen) atoms. The van der Waals surface area contributed by atoms with Crippen LogP contribution < -0.4 is 4.90 Å². The van der Waals surface area contributed by atoms with Crippen molar-refractivity contribution in [2.24, 2.45) is 0 Å². The van der Waals surface area contributed by atoms with Crippen molar-refractivity contribution >= 4 is 26.7 Å². The number of rotatable bonds is 1. The first-order valence-corrected chi connectivity index (χ1v) is 6.34. The van der Waals surface area contributed by atoms with Crippen LogP contribution in [-0.4, -0.2) is 31.3 Å². The molecule has 4 heteroatoms. The van der Waals surface area contributed by atoms with Crippen LogP contribution >= 0.6 is 11.3 Å². The number of hydrogen-bond donors (Lipinski definition) is 0. The smallest absolute Gasteiger partial charge is 0.186 e. The van der Waals surface area contributed by atoms with Gasteiger partial charge in [0.1, 0.15) is 0 Å². The van der Waals surface area contributed by atoms with Gasteiger partial charge in [0.25, 0.3) is 0 Å². The van der Waals surface area contributed by atoms with Crippen molar-refractivity contribution in [1.29, 1.82) is 0 Å². The van der Waals surface area contributed by atoms with Crippen molar-refractivity contribution in [2.45, 2.75) is 6.92 Å². The summed E-state index contributed by atoms with van der Waals surface area (Å²) >= 11 is 1.78. The Morgan fingerprint density at radius 1 is 1.31 bits per heavy atom. The summed E-state index contributed by atoms with van der Waals surface area (Å²) in [5, 5.41) is 1.13. The van der Waals surface area contributed by atoms with E-state index in [0.717, 1.165) is 37.0 Å². The molecule has 1 aliphatic heterocycles. The zero-order chi connectivity index (χ0) is 11.0. The third-order valence-electron chi connectivity index (χ3n) is 2.81. The molecule has 1 saturated heterocycles. The summed E-state index contributed by atoms with van der Waals surface area (Å²) in [5.74, 6) is 0. The number of aryl methyl sites for hydroxylation is 1. The molecular weight excluding hydrogens is 220 g/mol. The van der Waals surface area contributed by atoms with Gasteiger partial charge in [0.15, 0.2) is 5.13 Å². The fraction of sp³-hybridized carbons (Fsp3) is 0.417. The number of thiazole rings is 1. The largest absolute Gasteiger partial charge is 0.378 e. The zero-order valence-corrected chi connectivity index (χ0v) is 10.1. The Kier molecular flexibility index (Phi) is 2.53. The van der Waals surface area contributed by atoms with E-state index >= 15 is 0 Å². The van der Waals surface area contributed by atoms with Crippen molar-refractivity contribution in [1.82, 2.24) is 4.98 Å². The van der Waals surface area contributed by atoms with Crippen LogP contribution in [0.5, 0.6) is 0 Å². The molecule has 1 fully saturated rings. The number of morpholine rings is 1. The van der Waals surface area contributed by atoms with Crippen molar-refractivity contribution in [3.05, 3.63) is 23.8 Å². The standard InChI is InChI=1S/C12H14N2OS/c1-9-2-3-10-11(8-9)16-12(13-10)14-4-6-15-7-5-14/h2-3,8H,4-7H2,1H3. The lowest BCUT2D eigenvalue weighted by atomic mass is 10.2. The highest BCUT2D eigenvalue weighted by Gasteiger charge is 2.15. The molecule has 0 bridgehead atoms. The highest BCUT2D eigenvalue weighted by Crippen LogP contribution is 2.29. The van der Waals surface area contributed by atoms with Crippen LogP contribution in [-0.2, 0) is 4.74 Å². The molecule has 0 amide bonds. The van der Waals surface area contributed by atoms with E-state index in [4.69, 9.17) is 4.74 Å². The minimum absolute atomic E-state index is 0.814. The predicted octanol–water partition coefficient (Wildman–Crippen LogP) is 2.44. The van der Waals surface area contributed by atoms with E-state index in [-0.39, 0.29) is 0 Å². The van der Waals surface area contributed by atoms with Crippen LogP contribution in [0.3, 0.4) is 0 Å². The first-order chi connectivity index (χ1) is 7.83. The highest BCUT2D eigenvalue weighted by molar-refractivity contribution is 7.22. The summed E-state index contributed by atoms with van der Waals surface area (Å²) in [7, 11) is 0. The van der Waals surface area contributed by atoms with E-state index in [2.05, 4.69) is 35.0 Å². The van der Waals surface area contributed by atoms with Crippen molar-refractivity contribution in [3.63, 3.8) is 0 Å². The minimum Gasteiger partial charge on any atom is -0.378 e. The maximum Gasteiger partial charge on any atom is 0.186 e. The van der Waals surface area contributed by atoms with Crippen molar-refractivity contribution in [3.8, 4) is 0 Å². The Morgan fingerprint density at radius 3 is 2.94 bits per heavy atom. The van der Waals surface area contributed by atoms with E-state index in [1.54, 1.807) is 11.3 Å². The van der Waals surface area contributed by atoms with Crippen LogP contribution in [0.1, 0.15) is 5.56 Å². The Labute approximate surface area is 98.7 Å². The first-order valence-electron chi connectivity index (χ1n) is 5.53. The molecule has 0 atom stereocenters. The van der Waals surface area contributed by atoms with E-state index in [0.29, 0.717) is 0 Å². The summed E-state index contributed by atoms with van der Waals surface area (Å²) in [5.41, 5.74) is 2.40. The molecule has 0 aliphatic carbocycles. The van der Waals surface area contributed by atoms with E-state index < -0.39 is 0 Å². The molecular formula is C12H14N2OS. The monoisotopic (exact) mass is 234 g/mol. The third kappa shape index (κ3) is 1.79. The highest BCUT2D eigenvalue weighted by atomic mass is 32.1. The van der Waals surface area contributed by atoms with E-state index in [9.17, 15) is 0 Å². The molecule has 1 aliphatic rings. The fourth-order valence-corrected chi connectivity index (χ4v) is 3.03. The summed E-state index contributed by atoms with van der Waals surface area (Å²) in [6.45, 7) is 5.66. The number of aromatic nitrogens is 1. The maximum absolute atomic E-state index is 5.35. The Bertz CT molecular complexity index is 503. The molecule has 3 rings (SSSR count). The molecule has 2 aromatic rings. The quantitative estimate of drug-likeness (QED) is 0.758. The number of ether oxygens (including phenoxy) is 1. The number of fused-ring (bicyclic) bond motifs is 1. The summed E-state index contributed by atoms with van der Waals surface area (Å²) < 4.78 is 6.63. The zero-order valence-electron chi connectivity index (χ0n) is 9.27. The first kappa shape index (κ1) is 10.1. The molecule has 0 radical (unpaired) electrons. The maximum atomic E-state index is 5.35. The summed E-state index contributed by atoms with van der Waals surface area (Å²) in [6, 6.07) is 6.42. The van der Waals surface area contributed by atoms with Gasteiger partial charge in [-0.1, -0.05) is 17.4 Å². The molecule has 1 aromatic carbocycles. The Hall–Kier alpha value is -1.13. The van der Waals surface area contributed by atoms with Crippen LogP contribution in [0.4, 0.5) is 5.13 Å². The Balaban J connectivity index is 1.97. The van der Waals surface area contributed by atoms with Crippen LogP contribution in [0.15, 0.2) is 18.2 Å². The number of nitrogens with zero attached hydrogens (tertiary/aromatic N) is 2. The van der Waals surface area contributed by atoms with E-state index in [1.807, 2.05) is 0 Å². The SMILES string of the molecule is Cc1ccc2nc(N3CCOCC3)sc2c1. The summed E-state index contributed by atoms with van der Waals surface area (Å²) in [6.07, 6.45) is 0. The van der Waals surface area contributed by atoms with Crippen LogP contribution in [0.25, 0.3) is 10.2 Å². The molecule has 3 nitrogen and oxygen atoms in total. The molecule has 0 N–H and O–H groups in total. The van der Waals surface area contributed by atoms with Crippen LogP contribution in [0, 0.1) is 6.92 Å². The van der Waals surface area contributed by atoms with Gasteiger partial charge in [0.05, 0.1) is 23.4 Å². The second-order valence-electron chi connectivity index (χ2n) is 4.07. The van der Waals surface area contributed by atoms with E-state index in [1.165, 1.54) is 10.3 Å². The molecule has 84 valence electrons. The van der Waals surface area contributed by atoms with Gasteiger partial charge in [-0.25, -0.2) is 4.98 Å². The van der Waals surface area contributed by atoms with Gasteiger partial charge in [0.2, 0.25) is 0 Å². The third-order valence-corrected chi connectivity index (χ3v) is 3.89. The van der Waals surface area contributed by atoms with Gasteiger partial charge < -0.3 is 9.64 Å². The van der Waals surface area contributed by atoms with Crippen LogP contribution in [0.2, 0.25) is 0 Å². The van der Waals surface area contributed by atoms with Gasteiger partial charge in [-0.15, -0.1) is 0 Å². The molecule has 1 aromatic heterocycles. The van der Waals surface area contributed by atoms with Gasteiger partial charge in [-0.3, -0.25) is 0 Å². The average molecular weight is 234 g/mol. The molecule has 0 spiro atoms. The molecule has 0 saturated carbocycles. The molecule has 2 heterocycles. The normalized spacial score (nSPS) is 16.9. The average Bonchev–Trinajstić information content (AvgIpc) is 2.73. The Morgan fingerprint density at radius 2 is 2.12 bits per heavy atom. The van der Waals surface area contributed by atoms with Gasteiger partial charge in [-0.2, -0.15) is 0 Å².